The molecule has 1 aromatic rings. The quantitative estimate of drug-likeness (QED) is 0.383. The molecule has 0 amide bonds. The van der Waals surface area contributed by atoms with Gasteiger partial charge in [-0.15, -0.1) is 11.3 Å². The predicted octanol–water partition coefficient (Wildman–Crippen LogP) is 3.65. The lowest BCUT2D eigenvalue weighted by Crippen LogP contribution is -2.07. The van der Waals surface area contributed by atoms with Crippen molar-refractivity contribution in [1.29, 1.82) is 0 Å². The van der Waals surface area contributed by atoms with E-state index in [1.54, 1.807) is 11.6 Å². The minimum Gasteiger partial charge on any atom is -0.299 e. The number of aromatic nitrogens is 1. The van der Waals surface area contributed by atoms with E-state index in [9.17, 15) is 9.59 Å². The molecule has 0 bridgehead atoms. The molecule has 0 atom stereocenters. The number of hydrogen-bond donors (Lipinski definition) is 0. The summed E-state index contributed by atoms with van der Waals surface area (Å²) in [5.41, 5.74) is 0. The van der Waals surface area contributed by atoms with Crippen molar-refractivity contribution in [2.75, 3.05) is 0 Å². The van der Waals surface area contributed by atoms with E-state index in [1.807, 2.05) is 0 Å². The van der Waals surface area contributed by atoms with Crippen LogP contribution in [-0.2, 0) is 4.79 Å². The molecule has 0 N–H and O–H groups in total. The first kappa shape index (κ1) is 14.0. The molecular weight excluding hydrogens is 234 g/mol. The van der Waals surface area contributed by atoms with Crippen molar-refractivity contribution in [2.45, 2.75) is 51.9 Å². The number of thiazole rings is 1. The number of carbonyl (C=O) groups is 2. The summed E-state index contributed by atoms with van der Waals surface area (Å²) in [6.45, 7) is 2.16. The number of nitrogens with zero attached hydrogens (tertiary/aromatic N) is 1. The van der Waals surface area contributed by atoms with Crippen LogP contribution in [0, 0.1) is 0 Å². The summed E-state index contributed by atoms with van der Waals surface area (Å²) >= 11 is 1.30. The van der Waals surface area contributed by atoms with Gasteiger partial charge in [0.2, 0.25) is 0 Å². The molecule has 17 heavy (non-hydrogen) atoms. The molecule has 0 aliphatic carbocycles. The van der Waals surface area contributed by atoms with Gasteiger partial charge in [0, 0.05) is 18.0 Å². The van der Waals surface area contributed by atoms with Gasteiger partial charge in [0.05, 0.1) is 6.42 Å². The second-order valence-electron chi connectivity index (χ2n) is 4.14. The molecule has 0 aromatic carbocycles. The zero-order valence-electron chi connectivity index (χ0n) is 10.3. The number of Topliss-reactive ketones (excluding diaryl/α,β-unsaturated/α-hetero) is 2. The third-order valence-corrected chi connectivity index (χ3v) is 3.40. The zero-order chi connectivity index (χ0) is 12.5. The second-order valence-corrected chi connectivity index (χ2v) is 5.03. The van der Waals surface area contributed by atoms with Crippen molar-refractivity contribution < 1.29 is 9.59 Å². The van der Waals surface area contributed by atoms with Crippen LogP contribution in [0.1, 0.15) is 61.7 Å². The van der Waals surface area contributed by atoms with Crippen molar-refractivity contribution in [3.8, 4) is 0 Å². The van der Waals surface area contributed by atoms with Gasteiger partial charge in [-0.1, -0.05) is 32.6 Å². The lowest BCUT2D eigenvalue weighted by molar-refractivity contribution is -0.118. The Kier molecular flexibility index (Phi) is 6.70. The molecule has 1 rings (SSSR count). The third-order valence-electron chi connectivity index (χ3n) is 2.59. The fourth-order valence-corrected chi connectivity index (χ4v) is 2.21. The molecule has 1 aromatic heterocycles. The summed E-state index contributed by atoms with van der Waals surface area (Å²) in [7, 11) is 0. The lowest BCUT2D eigenvalue weighted by Gasteiger charge is -1.99. The minimum atomic E-state index is -0.140. The van der Waals surface area contributed by atoms with Gasteiger partial charge in [0.15, 0.2) is 10.8 Å². The van der Waals surface area contributed by atoms with Crippen LogP contribution in [0.5, 0.6) is 0 Å². The number of hydrogen-bond acceptors (Lipinski definition) is 4. The van der Waals surface area contributed by atoms with Crippen molar-refractivity contribution in [1.82, 2.24) is 4.98 Å². The Balaban J connectivity index is 2.15. The van der Waals surface area contributed by atoms with Gasteiger partial charge < -0.3 is 0 Å². The van der Waals surface area contributed by atoms with Crippen LogP contribution in [0.2, 0.25) is 0 Å². The Bertz CT molecular complexity index is 346. The van der Waals surface area contributed by atoms with Crippen molar-refractivity contribution in [3.05, 3.63) is 16.6 Å². The first-order valence-electron chi connectivity index (χ1n) is 6.18. The molecule has 94 valence electrons. The van der Waals surface area contributed by atoms with E-state index in [2.05, 4.69) is 11.9 Å². The largest absolute Gasteiger partial charge is 0.299 e. The molecule has 0 saturated heterocycles. The number of rotatable bonds is 9. The molecule has 3 nitrogen and oxygen atoms in total. The SMILES string of the molecule is CCCCCCCC(=O)CC(=O)c1nccs1. The topological polar surface area (TPSA) is 47.0 Å². The van der Waals surface area contributed by atoms with Crippen LogP contribution >= 0.6 is 11.3 Å². The summed E-state index contributed by atoms with van der Waals surface area (Å²) in [4.78, 5) is 27.0. The normalized spacial score (nSPS) is 10.4. The van der Waals surface area contributed by atoms with Crippen molar-refractivity contribution in [3.63, 3.8) is 0 Å². The maximum absolute atomic E-state index is 11.6. The summed E-state index contributed by atoms with van der Waals surface area (Å²) < 4.78 is 0. The van der Waals surface area contributed by atoms with Crippen LogP contribution in [0.25, 0.3) is 0 Å². The molecule has 0 aliphatic heterocycles. The molecule has 1 heterocycles. The smallest absolute Gasteiger partial charge is 0.198 e. The van der Waals surface area contributed by atoms with Gasteiger partial charge >= 0.3 is 0 Å². The molecule has 0 unspecified atom stereocenters. The van der Waals surface area contributed by atoms with E-state index in [4.69, 9.17) is 0 Å². The van der Waals surface area contributed by atoms with E-state index in [-0.39, 0.29) is 18.0 Å². The lowest BCUT2D eigenvalue weighted by atomic mass is 10.1. The molecular formula is C13H19NO2S. The fourth-order valence-electron chi connectivity index (χ4n) is 1.63. The van der Waals surface area contributed by atoms with Gasteiger partial charge in [0.1, 0.15) is 5.78 Å². The van der Waals surface area contributed by atoms with Crippen LogP contribution in [0.15, 0.2) is 11.6 Å². The fraction of sp³-hybridized carbons (Fsp3) is 0.615. The number of carbonyl (C=O) groups excluding carboxylic acids is 2. The Labute approximate surface area is 106 Å². The highest BCUT2D eigenvalue weighted by Gasteiger charge is 2.13. The van der Waals surface area contributed by atoms with Crippen LogP contribution in [0.4, 0.5) is 0 Å². The molecule has 0 saturated carbocycles. The van der Waals surface area contributed by atoms with E-state index < -0.39 is 0 Å². The number of unbranched alkanes of at least 4 members (excludes halogenated alkanes) is 4. The predicted molar refractivity (Wildman–Crippen MR) is 69.4 cm³/mol. The van der Waals surface area contributed by atoms with Gasteiger partial charge in [-0.2, -0.15) is 0 Å². The highest BCUT2D eigenvalue weighted by atomic mass is 32.1. The van der Waals surface area contributed by atoms with E-state index in [1.165, 1.54) is 30.6 Å². The Morgan fingerprint density at radius 1 is 1.24 bits per heavy atom. The molecule has 0 aliphatic rings. The molecule has 0 spiro atoms. The first-order valence-corrected chi connectivity index (χ1v) is 7.06. The van der Waals surface area contributed by atoms with E-state index in [0.717, 1.165) is 12.8 Å². The van der Waals surface area contributed by atoms with E-state index in [0.29, 0.717) is 11.4 Å². The maximum Gasteiger partial charge on any atom is 0.198 e. The van der Waals surface area contributed by atoms with Gasteiger partial charge in [-0.25, -0.2) is 4.98 Å². The van der Waals surface area contributed by atoms with E-state index >= 15 is 0 Å². The Hall–Kier alpha value is -1.03. The molecule has 0 radical (unpaired) electrons. The minimum absolute atomic E-state index is 0.0152. The van der Waals surface area contributed by atoms with Gasteiger partial charge in [-0.3, -0.25) is 9.59 Å². The van der Waals surface area contributed by atoms with Gasteiger partial charge in [0.25, 0.3) is 0 Å². The highest BCUT2D eigenvalue weighted by Crippen LogP contribution is 2.10. The van der Waals surface area contributed by atoms with Crippen LogP contribution < -0.4 is 0 Å². The summed E-state index contributed by atoms with van der Waals surface area (Å²) in [6.07, 6.45) is 7.75. The van der Waals surface area contributed by atoms with Crippen LogP contribution in [0.3, 0.4) is 0 Å². The summed E-state index contributed by atoms with van der Waals surface area (Å²) in [5.74, 6) is -0.0970. The average molecular weight is 253 g/mol. The zero-order valence-corrected chi connectivity index (χ0v) is 11.1. The van der Waals surface area contributed by atoms with Crippen molar-refractivity contribution in [2.24, 2.45) is 0 Å². The number of ketones is 2. The Morgan fingerprint density at radius 3 is 2.65 bits per heavy atom. The standard InChI is InChI=1S/C13H19NO2S/c1-2-3-4-5-6-7-11(15)10-12(16)13-14-8-9-17-13/h8-9H,2-7,10H2,1H3. The van der Waals surface area contributed by atoms with Crippen molar-refractivity contribution >= 4 is 22.9 Å². The Morgan fingerprint density at radius 2 is 2.00 bits per heavy atom. The second kappa shape index (κ2) is 8.12. The molecule has 0 fully saturated rings. The summed E-state index contributed by atoms with van der Waals surface area (Å²) in [6, 6.07) is 0. The highest BCUT2D eigenvalue weighted by molar-refractivity contribution is 7.11. The average Bonchev–Trinajstić information content (AvgIpc) is 2.82. The first-order chi connectivity index (χ1) is 8.24. The monoisotopic (exact) mass is 253 g/mol. The van der Waals surface area contributed by atoms with Gasteiger partial charge in [-0.05, 0) is 6.42 Å². The van der Waals surface area contributed by atoms with Crippen LogP contribution in [-0.4, -0.2) is 16.6 Å². The maximum atomic E-state index is 11.6. The summed E-state index contributed by atoms with van der Waals surface area (Å²) in [5, 5.41) is 2.20. The third kappa shape index (κ3) is 5.73. The molecule has 4 heteroatoms.